The van der Waals surface area contributed by atoms with Gasteiger partial charge in [-0.1, -0.05) is 6.92 Å². The Morgan fingerprint density at radius 1 is 1.39 bits per heavy atom. The van der Waals surface area contributed by atoms with Crippen LogP contribution in [0.3, 0.4) is 0 Å². The van der Waals surface area contributed by atoms with E-state index in [9.17, 15) is 18.0 Å². The van der Waals surface area contributed by atoms with Gasteiger partial charge in [0.1, 0.15) is 16.7 Å². The zero-order valence-electron chi connectivity index (χ0n) is 13.0. The van der Waals surface area contributed by atoms with Crippen molar-refractivity contribution < 1.29 is 27.5 Å². The lowest BCUT2D eigenvalue weighted by Gasteiger charge is -2.14. The third-order valence-electron chi connectivity index (χ3n) is 3.79. The molecule has 23 heavy (non-hydrogen) atoms. The van der Waals surface area contributed by atoms with Crippen molar-refractivity contribution in [3.05, 3.63) is 17.6 Å². The number of furan rings is 1. The Bertz CT molecular complexity index is 703. The summed E-state index contributed by atoms with van der Waals surface area (Å²) >= 11 is 0. The maximum atomic E-state index is 12.5. The van der Waals surface area contributed by atoms with E-state index in [2.05, 4.69) is 5.32 Å². The normalized spacial score (nSPS) is 17.1. The molecule has 0 spiro atoms. The van der Waals surface area contributed by atoms with E-state index in [1.807, 2.05) is 0 Å². The lowest BCUT2D eigenvalue weighted by molar-refractivity contribution is -0.139. The first-order valence-corrected chi connectivity index (χ1v) is 8.85. The molecule has 0 radical (unpaired) electrons. The number of carboxylic acid groups (broad SMARTS) is 1. The second kappa shape index (κ2) is 6.71. The minimum absolute atomic E-state index is 0.0482. The molecule has 1 aliphatic heterocycles. The number of nitrogens with zero attached hydrogens (tertiary/aromatic N) is 1. The first-order chi connectivity index (χ1) is 10.8. The van der Waals surface area contributed by atoms with E-state index in [1.54, 1.807) is 6.92 Å². The molecule has 128 valence electrons. The van der Waals surface area contributed by atoms with Crippen LogP contribution < -0.4 is 5.32 Å². The van der Waals surface area contributed by atoms with E-state index in [0.717, 1.165) is 18.9 Å². The fourth-order valence-corrected chi connectivity index (χ4v) is 4.15. The molecule has 1 aliphatic rings. The predicted octanol–water partition coefficient (Wildman–Crippen LogP) is 0.966. The summed E-state index contributed by atoms with van der Waals surface area (Å²) in [5.41, 5.74) is 0. The summed E-state index contributed by atoms with van der Waals surface area (Å²) < 4.78 is 31.6. The van der Waals surface area contributed by atoms with Crippen molar-refractivity contribution in [3.8, 4) is 0 Å². The number of aliphatic carboxylic acids is 1. The van der Waals surface area contributed by atoms with E-state index in [0.29, 0.717) is 13.1 Å². The van der Waals surface area contributed by atoms with Crippen molar-refractivity contribution in [3.63, 3.8) is 0 Å². The van der Waals surface area contributed by atoms with Gasteiger partial charge in [-0.15, -0.1) is 0 Å². The minimum atomic E-state index is -3.69. The molecule has 1 unspecified atom stereocenters. The monoisotopic (exact) mass is 344 g/mol. The highest BCUT2D eigenvalue weighted by atomic mass is 32.2. The van der Waals surface area contributed by atoms with E-state index >= 15 is 0 Å². The molecule has 0 saturated carbocycles. The quantitative estimate of drug-likeness (QED) is 0.794. The average molecular weight is 344 g/mol. The molecule has 1 aromatic heterocycles. The number of amides is 1. The predicted molar refractivity (Wildman–Crippen MR) is 80.6 cm³/mol. The van der Waals surface area contributed by atoms with Crippen LogP contribution in [0.2, 0.25) is 0 Å². The molecule has 1 saturated heterocycles. The van der Waals surface area contributed by atoms with E-state index in [-0.39, 0.29) is 22.8 Å². The van der Waals surface area contributed by atoms with E-state index in [4.69, 9.17) is 9.52 Å². The molecule has 0 aromatic carbocycles. The Kier molecular flexibility index (Phi) is 5.10. The van der Waals surface area contributed by atoms with Crippen LogP contribution >= 0.6 is 0 Å². The van der Waals surface area contributed by atoms with Crippen molar-refractivity contribution >= 4 is 21.9 Å². The van der Waals surface area contributed by atoms with Crippen LogP contribution in [0.15, 0.2) is 15.4 Å². The Balaban J connectivity index is 2.24. The number of carbonyl (C=O) groups excluding carboxylic acids is 1. The summed E-state index contributed by atoms with van der Waals surface area (Å²) in [5.74, 6) is -2.00. The molecule has 1 amide bonds. The van der Waals surface area contributed by atoms with Gasteiger partial charge in [0.2, 0.25) is 10.0 Å². The van der Waals surface area contributed by atoms with Gasteiger partial charge in [-0.2, -0.15) is 4.31 Å². The number of sulfonamides is 1. The lowest BCUT2D eigenvalue weighted by atomic mass is 10.2. The zero-order valence-corrected chi connectivity index (χ0v) is 13.9. The average Bonchev–Trinajstić information content (AvgIpc) is 3.13. The van der Waals surface area contributed by atoms with Crippen LogP contribution in [-0.4, -0.2) is 48.8 Å². The van der Waals surface area contributed by atoms with Crippen molar-refractivity contribution in [1.29, 1.82) is 0 Å². The van der Waals surface area contributed by atoms with Crippen LogP contribution in [0.4, 0.5) is 0 Å². The summed E-state index contributed by atoms with van der Waals surface area (Å²) in [6.45, 7) is 3.99. The number of carbonyl (C=O) groups is 2. The van der Waals surface area contributed by atoms with Gasteiger partial charge in [0.05, 0.1) is 0 Å². The van der Waals surface area contributed by atoms with Crippen LogP contribution in [0, 0.1) is 6.92 Å². The summed E-state index contributed by atoms with van der Waals surface area (Å²) in [7, 11) is -3.69. The molecule has 2 N–H and O–H groups in total. The maximum absolute atomic E-state index is 12.5. The third kappa shape index (κ3) is 3.56. The van der Waals surface area contributed by atoms with Crippen molar-refractivity contribution in [1.82, 2.24) is 9.62 Å². The first-order valence-electron chi connectivity index (χ1n) is 7.41. The van der Waals surface area contributed by atoms with E-state index in [1.165, 1.54) is 11.2 Å². The van der Waals surface area contributed by atoms with Gasteiger partial charge < -0.3 is 14.8 Å². The summed E-state index contributed by atoms with van der Waals surface area (Å²) in [6.07, 6.45) is 1.82. The fourth-order valence-electron chi connectivity index (χ4n) is 2.47. The highest BCUT2D eigenvalue weighted by Gasteiger charge is 2.32. The highest BCUT2D eigenvalue weighted by molar-refractivity contribution is 7.89. The molecule has 2 heterocycles. The van der Waals surface area contributed by atoms with E-state index < -0.39 is 27.9 Å². The van der Waals surface area contributed by atoms with Gasteiger partial charge in [-0.3, -0.25) is 4.79 Å². The van der Waals surface area contributed by atoms with Gasteiger partial charge >= 0.3 is 5.97 Å². The molecule has 9 heteroatoms. The number of aryl methyl sites for hydroxylation is 1. The molecular formula is C14H20N2O6S. The number of nitrogens with one attached hydrogen (secondary N) is 1. The largest absolute Gasteiger partial charge is 0.480 e. The van der Waals surface area contributed by atoms with Crippen LogP contribution in [0.5, 0.6) is 0 Å². The van der Waals surface area contributed by atoms with Crippen LogP contribution in [-0.2, 0) is 14.8 Å². The lowest BCUT2D eigenvalue weighted by Crippen LogP contribution is -2.40. The van der Waals surface area contributed by atoms with Crippen molar-refractivity contribution in [2.45, 2.75) is 44.0 Å². The Morgan fingerprint density at radius 3 is 2.52 bits per heavy atom. The van der Waals surface area contributed by atoms with Gasteiger partial charge in [0.25, 0.3) is 5.91 Å². The number of hydrogen-bond acceptors (Lipinski definition) is 5. The topological polar surface area (TPSA) is 117 Å². The fraction of sp³-hybridized carbons (Fsp3) is 0.571. The van der Waals surface area contributed by atoms with Gasteiger partial charge in [-0.05, 0) is 26.2 Å². The molecule has 0 aliphatic carbocycles. The number of hydrogen-bond donors (Lipinski definition) is 2. The molecule has 1 atom stereocenters. The molecule has 1 aromatic rings. The summed E-state index contributed by atoms with van der Waals surface area (Å²) in [4.78, 5) is 23.0. The van der Waals surface area contributed by atoms with Crippen molar-refractivity contribution in [2.24, 2.45) is 0 Å². The highest BCUT2D eigenvalue weighted by Crippen LogP contribution is 2.26. The number of rotatable bonds is 6. The molecule has 8 nitrogen and oxygen atoms in total. The van der Waals surface area contributed by atoms with Crippen molar-refractivity contribution in [2.75, 3.05) is 13.1 Å². The summed E-state index contributed by atoms with van der Waals surface area (Å²) in [6, 6.07) is 0.110. The number of carboxylic acids is 1. The Morgan fingerprint density at radius 2 is 2.00 bits per heavy atom. The molecule has 1 fully saturated rings. The van der Waals surface area contributed by atoms with Crippen LogP contribution in [0.1, 0.15) is 42.5 Å². The standard InChI is InChI=1S/C14H20N2O6S/c1-3-10(14(18)19)15-13(17)11-8-12(9(2)22-11)23(20,21)16-6-4-5-7-16/h8,10H,3-7H2,1-2H3,(H,15,17)(H,18,19). The second-order valence-corrected chi connectivity index (χ2v) is 7.32. The SMILES string of the molecule is CCC(NC(=O)c1cc(S(=O)(=O)N2CCCC2)c(C)o1)C(=O)O. The third-order valence-corrected chi connectivity index (χ3v) is 5.80. The Hall–Kier alpha value is -1.87. The van der Waals surface area contributed by atoms with Gasteiger partial charge in [-0.25, -0.2) is 13.2 Å². The maximum Gasteiger partial charge on any atom is 0.326 e. The smallest absolute Gasteiger partial charge is 0.326 e. The minimum Gasteiger partial charge on any atom is -0.480 e. The molecule has 0 bridgehead atoms. The molecule has 2 rings (SSSR count). The van der Waals surface area contributed by atoms with Gasteiger partial charge in [0.15, 0.2) is 5.76 Å². The zero-order chi connectivity index (χ0) is 17.2. The van der Waals surface area contributed by atoms with Crippen LogP contribution in [0.25, 0.3) is 0 Å². The Labute approximate surface area is 134 Å². The first kappa shape index (κ1) is 17.5. The van der Waals surface area contributed by atoms with Gasteiger partial charge in [0, 0.05) is 19.2 Å². The second-order valence-electron chi connectivity index (χ2n) is 5.41. The summed E-state index contributed by atoms with van der Waals surface area (Å²) in [5, 5.41) is 11.3. The molecular weight excluding hydrogens is 324 g/mol.